The molecule has 0 unspecified atom stereocenters. The molecule has 9 rings (SSSR count). The van der Waals surface area contributed by atoms with Crippen molar-refractivity contribution < 1.29 is 0 Å². The van der Waals surface area contributed by atoms with Gasteiger partial charge in [-0.2, -0.15) is 0 Å². The zero-order chi connectivity index (χ0) is 37.1. The topological polar surface area (TPSA) is 37.6 Å². The first-order valence-electron chi connectivity index (χ1n) is 18.5. The minimum absolute atomic E-state index is 0.596. The van der Waals surface area contributed by atoms with Gasteiger partial charge in [-0.05, 0) is 103 Å². The molecule has 0 aliphatic rings. The molecule has 0 N–H and O–H groups in total. The van der Waals surface area contributed by atoms with Gasteiger partial charge in [0.1, 0.15) is 0 Å². The molecular weight excluding hydrogens is 667 g/mol. The first kappa shape index (κ1) is 33.6. The smallest absolute Gasteiger partial charge is 0.160 e. The lowest BCUT2D eigenvalue weighted by molar-refractivity contribution is 1.33. The summed E-state index contributed by atoms with van der Waals surface area (Å²) >= 11 is 0. The van der Waals surface area contributed by atoms with Gasteiger partial charge in [0.2, 0.25) is 0 Å². The summed E-state index contributed by atoms with van der Waals surface area (Å²) in [6.07, 6.45) is 3.66. The van der Waals surface area contributed by atoms with E-state index in [-0.39, 0.29) is 0 Å². The van der Waals surface area contributed by atoms with E-state index >= 15 is 0 Å². The van der Waals surface area contributed by atoms with Crippen molar-refractivity contribution in [3.63, 3.8) is 0 Å². The minimum Gasteiger partial charge on any atom is -0.264 e. The fourth-order valence-electron chi connectivity index (χ4n) is 7.46. The number of amidine groups is 1. The number of hydrogen-bond donors (Lipinski definition) is 0. The van der Waals surface area contributed by atoms with Gasteiger partial charge in [-0.3, -0.25) is 4.98 Å². The molecule has 0 atom stereocenters. The van der Waals surface area contributed by atoms with Gasteiger partial charge in [0.05, 0.1) is 5.70 Å². The largest absolute Gasteiger partial charge is 0.264 e. The summed E-state index contributed by atoms with van der Waals surface area (Å²) in [5.41, 5.74) is 11.0. The Kier molecular flexibility index (Phi) is 8.95. The van der Waals surface area contributed by atoms with Crippen LogP contribution in [-0.4, -0.2) is 16.5 Å². The quantitative estimate of drug-likeness (QED) is 0.0925. The maximum Gasteiger partial charge on any atom is 0.160 e. The third-order valence-corrected chi connectivity index (χ3v) is 10.3. The van der Waals surface area contributed by atoms with Crippen molar-refractivity contribution in [1.29, 1.82) is 0 Å². The normalized spacial score (nSPS) is 12.0. The van der Waals surface area contributed by atoms with Crippen molar-refractivity contribution in [2.45, 2.75) is 6.92 Å². The fraction of sp³-hybridized carbons (Fsp3) is 0.0192. The van der Waals surface area contributed by atoms with E-state index in [9.17, 15) is 0 Å². The first-order valence-corrected chi connectivity index (χ1v) is 18.5. The first-order chi connectivity index (χ1) is 27.1. The van der Waals surface area contributed by atoms with Gasteiger partial charge in [-0.15, -0.1) is 0 Å². The molecule has 55 heavy (non-hydrogen) atoms. The Bertz CT molecular complexity index is 2900. The molecule has 0 radical (unpaired) electrons. The zero-order valence-corrected chi connectivity index (χ0v) is 30.5. The van der Waals surface area contributed by atoms with E-state index in [0.717, 1.165) is 55.8 Å². The van der Waals surface area contributed by atoms with Gasteiger partial charge >= 0.3 is 0 Å². The Morgan fingerprint density at radius 3 is 1.56 bits per heavy atom. The molecule has 0 spiro atoms. The lowest BCUT2D eigenvalue weighted by Gasteiger charge is -2.13. The molecule has 0 bridgehead atoms. The summed E-state index contributed by atoms with van der Waals surface area (Å²) in [4.78, 5) is 14.8. The Morgan fingerprint density at radius 2 is 0.891 bits per heavy atom. The van der Waals surface area contributed by atoms with Gasteiger partial charge in [0.25, 0.3) is 0 Å². The summed E-state index contributed by atoms with van der Waals surface area (Å²) < 4.78 is 0. The third kappa shape index (κ3) is 6.76. The summed E-state index contributed by atoms with van der Waals surface area (Å²) in [5.74, 6) is 0.596. The van der Waals surface area contributed by atoms with Crippen LogP contribution >= 0.6 is 0 Å². The van der Waals surface area contributed by atoms with Crippen molar-refractivity contribution in [2.75, 3.05) is 0 Å². The summed E-state index contributed by atoms with van der Waals surface area (Å²) in [6.45, 7) is 6.50. The van der Waals surface area contributed by atoms with Gasteiger partial charge in [0, 0.05) is 34.8 Å². The average Bonchev–Trinajstić information content (AvgIpc) is 3.27. The molecule has 260 valence electrons. The van der Waals surface area contributed by atoms with Gasteiger partial charge < -0.3 is 0 Å². The molecule has 0 aliphatic heterocycles. The summed E-state index contributed by atoms with van der Waals surface area (Å²) in [7, 11) is 0. The second-order valence-corrected chi connectivity index (χ2v) is 13.8. The van der Waals surface area contributed by atoms with E-state index in [4.69, 9.17) is 9.98 Å². The van der Waals surface area contributed by atoms with Crippen molar-refractivity contribution in [1.82, 2.24) is 4.98 Å². The monoisotopic (exact) mass is 703 g/mol. The van der Waals surface area contributed by atoms with Crippen LogP contribution in [0.3, 0.4) is 0 Å². The fourth-order valence-corrected chi connectivity index (χ4v) is 7.46. The molecule has 0 fully saturated rings. The van der Waals surface area contributed by atoms with Crippen molar-refractivity contribution >= 4 is 49.6 Å². The molecule has 9 aromatic rings. The van der Waals surface area contributed by atoms with E-state index in [1.54, 1.807) is 6.20 Å². The van der Waals surface area contributed by atoms with Crippen molar-refractivity contribution in [3.8, 4) is 33.4 Å². The van der Waals surface area contributed by atoms with Crippen LogP contribution in [-0.2, 0) is 0 Å². The third-order valence-electron chi connectivity index (χ3n) is 10.3. The van der Waals surface area contributed by atoms with Crippen LogP contribution in [0.15, 0.2) is 211 Å². The van der Waals surface area contributed by atoms with E-state index in [1.807, 2.05) is 37.4 Å². The molecule has 0 amide bonds. The van der Waals surface area contributed by atoms with Gasteiger partial charge in [-0.25, -0.2) is 9.98 Å². The highest BCUT2D eigenvalue weighted by atomic mass is 14.9. The SMILES string of the molecule is C=C(N=C(N=C(C)c1cccc(-c2ccccc2)c1)c1cccc(-c2ccc3c4ccccc4c4ccccc4c3c2)c1)c1cccc(-c2cccnc2)c1. The molecule has 3 heteroatoms. The van der Waals surface area contributed by atoms with Gasteiger partial charge in [0.15, 0.2) is 5.84 Å². The standard InChI is InChI=1S/C52H37N3/c1-35(38-16-10-18-40(30-38)37-14-4-3-5-15-37)54-52(55-36(2)39-17-11-20-42(31-39)45-22-13-29-53-34-45)44-21-12-19-41(32-44)43-27-28-50-48-25-7-6-23-46(48)47-24-8-9-26-49(47)51(50)33-43/h3-34H,2H2,1H3. The lowest BCUT2D eigenvalue weighted by atomic mass is 9.92. The second-order valence-electron chi connectivity index (χ2n) is 13.8. The van der Waals surface area contributed by atoms with Crippen LogP contribution in [0, 0.1) is 0 Å². The number of aliphatic imine (C=N–C) groups is 2. The number of rotatable bonds is 7. The van der Waals surface area contributed by atoms with Crippen LogP contribution in [0.25, 0.3) is 71.4 Å². The summed E-state index contributed by atoms with van der Waals surface area (Å²) in [6, 6.07) is 64.0. The number of benzene rings is 8. The molecule has 0 saturated carbocycles. The second kappa shape index (κ2) is 14.7. The maximum absolute atomic E-state index is 5.25. The molecule has 3 nitrogen and oxygen atoms in total. The van der Waals surface area contributed by atoms with Crippen LogP contribution in [0.5, 0.6) is 0 Å². The number of pyridine rings is 1. The van der Waals surface area contributed by atoms with Crippen LogP contribution in [0.2, 0.25) is 0 Å². The van der Waals surface area contributed by atoms with E-state index in [1.165, 1.54) is 32.3 Å². The lowest BCUT2D eigenvalue weighted by Crippen LogP contribution is -2.05. The van der Waals surface area contributed by atoms with Crippen molar-refractivity contribution in [3.05, 3.63) is 218 Å². The zero-order valence-electron chi connectivity index (χ0n) is 30.5. The highest BCUT2D eigenvalue weighted by Gasteiger charge is 2.13. The van der Waals surface area contributed by atoms with Crippen LogP contribution in [0.1, 0.15) is 23.6 Å². The molecule has 1 heterocycles. The maximum atomic E-state index is 5.25. The Labute approximate surface area is 321 Å². The molecular formula is C52H37N3. The Hall–Kier alpha value is -7.23. The van der Waals surface area contributed by atoms with Crippen molar-refractivity contribution in [2.24, 2.45) is 9.98 Å². The molecule has 8 aromatic carbocycles. The highest BCUT2D eigenvalue weighted by molar-refractivity contribution is 6.25. The number of nitrogens with zero attached hydrogens (tertiary/aromatic N) is 3. The Morgan fingerprint density at radius 1 is 0.400 bits per heavy atom. The predicted octanol–water partition coefficient (Wildman–Crippen LogP) is 13.5. The van der Waals surface area contributed by atoms with E-state index in [0.29, 0.717) is 11.5 Å². The number of fused-ring (bicyclic) bond motifs is 6. The molecule has 0 aliphatic carbocycles. The van der Waals surface area contributed by atoms with Crippen LogP contribution < -0.4 is 0 Å². The van der Waals surface area contributed by atoms with E-state index < -0.39 is 0 Å². The number of hydrogen-bond acceptors (Lipinski definition) is 2. The summed E-state index contributed by atoms with van der Waals surface area (Å²) in [5, 5.41) is 7.53. The van der Waals surface area contributed by atoms with Gasteiger partial charge in [-0.1, -0.05) is 158 Å². The van der Waals surface area contributed by atoms with Crippen LogP contribution in [0.4, 0.5) is 0 Å². The Balaban J connectivity index is 1.16. The number of aromatic nitrogens is 1. The minimum atomic E-state index is 0.596. The molecule has 1 aromatic heterocycles. The predicted molar refractivity (Wildman–Crippen MR) is 234 cm³/mol. The highest BCUT2D eigenvalue weighted by Crippen LogP contribution is 2.37. The molecule has 0 saturated heterocycles. The average molecular weight is 704 g/mol. The van der Waals surface area contributed by atoms with E-state index in [2.05, 4.69) is 169 Å².